The lowest BCUT2D eigenvalue weighted by Gasteiger charge is -2.30. The second kappa shape index (κ2) is 11.7. The SMILES string of the molecule is CCc1nc2ccccc2n1-c1ccc(-c2cccc(-c3nc4ccccc4c4cc5c(cc34)-c3ccccc3C53c4ccccc4-c4ccccc43)c2)cc1. The number of benzene rings is 8. The fourth-order valence-electron chi connectivity index (χ4n) is 10.0. The van der Waals surface area contributed by atoms with Crippen LogP contribution in [0.5, 0.6) is 0 Å². The number of nitrogens with zero attached hydrogens (tertiary/aromatic N) is 3. The molecule has 2 aromatic heterocycles. The zero-order valence-corrected chi connectivity index (χ0v) is 30.9. The summed E-state index contributed by atoms with van der Waals surface area (Å²) in [5.41, 5.74) is 18.9. The molecule has 0 unspecified atom stereocenters. The van der Waals surface area contributed by atoms with Gasteiger partial charge in [-0.2, -0.15) is 0 Å². The Labute approximate surface area is 325 Å². The molecule has 10 aromatic rings. The number of fused-ring (bicyclic) bond motifs is 14. The summed E-state index contributed by atoms with van der Waals surface area (Å²) in [6.07, 6.45) is 0.863. The first-order valence-corrected chi connectivity index (χ1v) is 19.6. The quantitative estimate of drug-likeness (QED) is 0.170. The van der Waals surface area contributed by atoms with Crippen LogP contribution in [0.25, 0.3) is 83.0 Å². The van der Waals surface area contributed by atoms with Crippen molar-refractivity contribution in [2.24, 2.45) is 0 Å². The number of hydrogen-bond donors (Lipinski definition) is 0. The molecule has 12 rings (SSSR count). The molecule has 1 spiro atoms. The molecule has 56 heavy (non-hydrogen) atoms. The van der Waals surface area contributed by atoms with Gasteiger partial charge in [0.15, 0.2) is 0 Å². The number of pyridine rings is 1. The zero-order valence-electron chi connectivity index (χ0n) is 30.9. The van der Waals surface area contributed by atoms with E-state index in [1.54, 1.807) is 0 Å². The summed E-state index contributed by atoms with van der Waals surface area (Å²) in [7, 11) is 0. The Kier molecular flexibility index (Phi) is 6.53. The van der Waals surface area contributed by atoms with Crippen LogP contribution >= 0.6 is 0 Å². The highest BCUT2D eigenvalue weighted by atomic mass is 15.1. The molecule has 0 saturated heterocycles. The minimum Gasteiger partial charge on any atom is -0.296 e. The van der Waals surface area contributed by atoms with Crippen LogP contribution < -0.4 is 0 Å². The van der Waals surface area contributed by atoms with E-state index in [1.165, 1.54) is 66.2 Å². The van der Waals surface area contributed by atoms with Gasteiger partial charge >= 0.3 is 0 Å². The van der Waals surface area contributed by atoms with Gasteiger partial charge in [0, 0.05) is 28.4 Å². The zero-order chi connectivity index (χ0) is 37.0. The highest BCUT2D eigenvalue weighted by Gasteiger charge is 2.51. The first kappa shape index (κ1) is 31.3. The van der Waals surface area contributed by atoms with Crippen molar-refractivity contribution >= 4 is 32.7 Å². The lowest BCUT2D eigenvalue weighted by Crippen LogP contribution is -2.25. The Bertz CT molecular complexity index is 3190. The lowest BCUT2D eigenvalue weighted by atomic mass is 9.70. The van der Waals surface area contributed by atoms with Crippen LogP contribution in [0.15, 0.2) is 182 Å². The van der Waals surface area contributed by atoms with Crippen molar-refractivity contribution < 1.29 is 0 Å². The molecule has 2 aliphatic rings. The summed E-state index contributed by atoms with van der Waals surface area (Å²) in [6.45, 7) is 2.17. The molecule has 2 aliphatic carbocycles. The molecule has 2 heterocycles. The van der Waals surface area contributed by atoms with Crippen LogP contribution in [-0.2, 0) is 11.8 Å². The van der Waals surface area contributed by atoms with E-state index >= 15 is 0 Å². The molecule has 0 fully saturated rings. The first-order valence-electron chi connectivity index (χ1n) is 19.6. The lowest BCUT2D eigenvalue weighted by molar-refractivity contribution is 0.795. The first-order chi connectivity index (χ1) is 27.7. The second-order valence-electron chi connectivity index (χ2n) is 15.1. The minimum atomic E-state index is -0.398. The molecular formula is C53H35N3. The molecule has 0 atom stereocenters. The van der Waals surface area contributed by atoms with Crippen LogP contribution in [0, 0.1) is 0 Å². The predicted octanol–water partition coefficient (Wildman–Crippen LogP) is 13.0. The number of para-hydroxylation sites is 3. The molecule has 0 bridgehead atoms. The van der Waals surface area contributed by atoms with Gasteiger partial charge in [0.2, 0.25) is 0 Å². The van der Waals surface area contributed by atoms with E-state index < -0.39 is 5.41 Å². The summed E-state index contributed by atoms with van der Waals surface area (Å²) in [5.74, 6) is 1.07. The smallest absolute Gasteiger partial charge is 0.114 e. The number of imidazole rings is 1. The van der Waals surface area contributed by atoms with Crippen molar-refractivity contribution in [3.63, 3.8) is 0 Å². The van der Waals surface area contributed by atoms with Gasteiger partial charge in [-0.05, 0) is 110 Å². The summed E-state index contributed by atoms with van der Waals surface area (Å²) < 4.78 is 2.28. The van der Waals surface area contributed by atoms with Crippen LogP contribution in [0.2, 0.25) is 0 Å². The third-order valence-corrected chi connectivity index (χ3v) is 12.4. The van der Waals surface area contributed by atoms with Crippen LogP contribution in [0.1, 0.15) is 35.0 Å². The molecule has 262 valence electrons. The van der Waals surface area contributed by atoms with E-state index in [0.717, 1.165) is 51.3 Å². The number of aromatic nitrogens is 3. The Morgan fingerprint density at radius 2 is 1.04 bits per heavy atom. The molecule has 0 N–H and O–H groups in total. The summed E-state index contributed by atoms with van der Waals surface area (Å²) >= 11 is 0. The molecule has 0 radical (unpaired) electrons. The monoisotopic (exact) mass is 713 g/mol. The maximum absolute atomic E-state index is 5.44. The topological polar surface area (TPSA) is 30.7 Å². The number of rotatable bonds is 4. The summed E-state index contributed by atoms with van der Waals surface area (Å²) in [6, 6.07) is 66.9. The van der Waals surface area contributed by atoms with Gasteiger partial charge < -0.3 is 0 Å². The normalized spacial score (nSPS) is 13.3. The van der Waals surface area contributed by atoms with Crippen LogP contribution in [0.4, 0.5) is 0 Å². The van der Waals surface area contributed by atoms with E-state index in [1.807, 2.05) is 0 Å². The van der Waals surface area contributed by atoms with E-state index in [-0.39, 0.29) is 0 Å². The van der Waals surface area contributed by atoms with Crippen molar-refractivity contribution in [2.75, 3.05) is 0 Å². The Hall–Kier alpha value is -7.10. The van der Waals surface area contributed by atoms with Crippen molar-refractivity contribution in [2.45, 2.75) is 18.8 Å². The summed E-state index contributed by atoms with van der Waals surface area (Å²) in [5, 5.41) is 3.57. The summed E-state index contributed by atoms with van der Waals surface area (Å²) in [4.78, 5) is 10.3. The van der Waals surface area contributed by atoms with E-state index in [2.05, 4.69) is 193 Å². The fraction of sp³-hybridized carbons (Fsp3) is 0.0566. The van der Waals surface area contributed by atoms with Gasteiger partial charge in [0.1, 0.15) is 5.82 Å². The highest BCUT2D eigenvalue weighted by molar-refractivity contribution is 6.14. The largest absolute Gasteiger partial charge is 0.296 e. The fourth-order valence-corrected chi connectivity index (χ4v) is 10.0. The number of aryl methyl sites for hydroxylation is 1. The average molecular weight is 714 g/mol. The Morgan fingerprint density at radius 3 is 1.75 bits per heavy atom. The van der Waals surface area contributed by atoms with Gasteiger partial charge in [-0.15, -0.1) is 0 Å². The van der Waals surface area contributed by atoms with Crippen LogP contribution in [-0.4, -0.2) is 14.5 Å². The van der Waals surface area contributed by atoms with Crippen molar-refractivity contribution in [1.82, 2.24) is 14.5 Å². The molecular weight excluding hydrogens is 679 g/mol. The van der Waals surface area contributed by atoms with Gasteiger partial charge in [0.05, 0.1) is 27.7 Å². The molecule has 0 saturated carbocycles. The van der Waals surface area contributed by atoms with E-state index in [4.69, 9.17) is 9.97 Å². The third-order valence-electron chi connectivity index (χ3n) is 12.4. The van der Waals surface area contributed by atoms with Gasteiger partial charge in [-0.1, -0.05) is 140 Å². The van der Waals surface area contributed by atoms with Gasteiger partial charge in [-0.25, -0.2) is 9.97 Å². The van der Waals surface area contributed by atoms with Crippen molar-refractivity contribution in [3.05, 3.63) is 210 Å². The molecule has 3 nitrogen and oxygen atoms in total. The second-order valence-corrected chi connectivity index (χ2v) is 15.1. The van der Waals surface area contributed by atoms with Gasteiger partial charge in [-0.3, -0.25) is 4.57 Å². The van der Waals surface area contributed by atoms with Crippen molar-refractivity contribution in [1.29, 1.82) is 0 Å². The standard InChI is InChI=1S/C53H35N3/c1-2-51-54-49-24-11-12-25-50(49)56(51)36-28-26-33(27-29-36)34-14-13-15-35(30-34)52-43-31-42-39-18-5-9-22-46(39)53(47(42)32-41(43)40-19-6-10-23-48(40)55-52)44-20-7-3-16-37(44)38-17-4-8-21-45(38)53/h3-32H,2H2,1H3. The third kappa shape index (κ3) is 4.17. The van der Waals surface area contributed by atoms with E-state index in [9.17, 15) is 0 Å². The molecule has 3 heteroatoms. The molecule has 8 aromatic carbocycles. The molecule has 0 aliphatic heterocycles. The average Bonchev–Trinajstić information content (AvgIpc) is 3.89. The van der Waals surface area contributed by atoms with Gasteiger partial charge in [0.25, 0.3) is 0 Å². The number of hydrogen-bond acceptors (Lipinski definition) is 2. The predicted molar refractivity (Wildman–Crippen MR) is 230 cm³/mol. The van der Waals surface area contributed by atoms with Crippen molar-refractivity contribution in [3.8, 4) is 50.3 Å². The maximum Gasteiger partial charge on any atom is 0.114 e. The maximum atomic E-state index is 5.44. The molecule has 0 amide bonds. The minimum absolute atomic E-state index is 0.398. The Morgan fingerprint density at radius 1 is 0.429 bits per heavy atom. The Balaban J connectivity index is 1.06. The highest BCUT2D eigenvalue weighted by Crippen LogP contribution is 2.63. The van der Waals surface area contributed by atoms with E-state index in [0.29, 0.717) is 0 Å². The van der Waals surface area contributed by atoms with Crippen LogP contribution in [0.3, 0.4) is 0 Å².